The van der Waals surface area contributed by atoms with E-state index in [0.717, 1.165) is 5.56 Å². The van der Waals surface area contributed by atoms with E-state index >= 15 is 0 Å². The number of hydrogen-bond acceptors (Lipinski definition) is 4. The number of rotatable bonds is 3. The van der Waals surface area contributed by atoms with Crippen molar-refractivity contribution in [1.82, 2.24) is 10.2 Å². The Morgan fingerprint density at radius 1 is 1.16 bits per heavy atom. The number of benzene rings is 2. The van der Waals surface area contributed by atoms with Crippen molar-refractivity contribution >= 4 is 11.6 Å². The molecule has 1 aromatic heterocycles. The van der Waals surface area contributed by atoms with E-state index in [0.29, 0.717) is 34.1 Å². The zero-order valence-electron chi connectivity index (χ0n) is 13.3. The standard InChI is InChI=1S/C18H14FN3O3/c1-10-16(20-18(23)11-2-5-13(19)6-3-11)17(22-21-10)12-4-7-14-15(8-12)25-9-24-14/h2-8H,9H2,1H3,(H,20,23)(H,21,22). The second-order valence-corrected chi connectivity index (χ2v) is 5.60. The molecule has 0 fully saturated rings. The lowest BCUT2D eigenvalue weighted by Gasteiger charge is -2.08. The highest BCUT2D eigenvalue weighted by Gasteiger charge is 2.19. The summed E-state index contributed by atoms with van der Waals surface area (Å²) in [5, 5.41) is 9.98. The number of nitrogens with zero attached hydrogens (tertiary/aromatic N) is 1. The Morgan fingerprint density at radius 3 is 2.72 bits per heavy atom. The maximum atomic E-state index is 13.0. The van der Waals surface area contributed by atoms with E-state index < -0.39 is 5.82 Å². The van der Waals surface area contributed by atoms with Crippen LogP contribution in [0.5, 0.6) is 11.5 Å². The lowest BCUT2D eigenvalue weighted by atomic mass is 10.1. The molecule has 2 heterocycles. The molecule has 0 saturated heterocycles. The fourth-order valence-electron chi connectivity index (χ4n) is 2.62. The summed E-state index contributed by atoms with van der Waals surface area (Å²) in [6.45, 7) is 2.00. The Balaban J connectivity index is 1.66. The Hall–Kier alpha value is -3.35. The molecule has 1 aliphatic heterocycles. The number of aromatic amines is 1. The van der Waals surface area contributed by atoms with Crippen LogP contribution in [0.15, 0.2) is 42.5 Å². The van der Waals surface area contributed by atoms with E-state index in [1.807, 2.05) is 19.1 Å². The normalized spacial score (nSPS) is 12.2. The van der Waals surface area contributed by atoms with Gasteiger partial charge in [0.05, 0.1) is 11.4 Å². The summed E-state index contributed by atoms with van der Waals surface area (Å²) in [4.78, 5) is 12.4. The number of carbonyl (C=O) groups is 1. The number of nitrogens with one attached hydrogen (secondary N) is 2. The zero-order valence-corrected chi connectivity index (χ0v) is 13.3. The van der Waals surface area contributed by atoms with Crippen LogP contribution in [0.1, 0.15) is 16.1 Å². The van der Waals surface area contributed by atoms with Gasteiger partial charge in [0, 0.05) is 11.1 Å². The van der Waals surface area contributed by atoms with Gasteiger partial charge < -0.3 is 14.8 Å². The van der Waals surface area contributed by atoms with Crippen LogP contribution in [0.4, 0.5) is 10.1 Å². The Bertz CT molecular complexity index is 951. The van der Waals surface area contributed by atoms with E-state index in [4.69, 9.17) is 9.47 Å². The Labute approximate surface area is 142 Å². The van der Waals surface area contributed by atoms with Crippen molar-refractivity contribution < 1.29 is 18.7 Å². The molecule has 0 unspecified atom stereocenters. The van der Waals surface area contributed by atoms with Gasteiger partial charge in [0.1, 0.15) is 11.5 Å². The minimum Gasteiger partial charge on any atom is -0.454 e. The molecule has 3 aromatic rings. The SMILES string of the molecule is Cc1[nH]nc(-c2ccc3c(c2)OCO3)c1NC(=O)c1ccc(F)cc1. The molecule has 6 nitrogen and oxygen atoms in total. The van der Waals surface area contributed by atoms with Crippen molar-refractivity contribution in [1.29, 1.82) is 0 Å². The average Bonchev–Trinajstić information content (AvgIpc) is 3.22. The van der Waals surface area contributed by atoms with Gasteiger partial charge in [0.15, 0.2) is 11.5 Å². The van der Waals surface area contributed by atoms with Crippen LogP contribution in [0, 0.1) is 12.7 Å². The molecule has 126 valence electrons. The number of carbonyl (C=O) groups excluding carboxylic acids is 1. The molecule has 2 aromatic carbocycles. The minimum absolute atomic E-state index is 0.187. The van der Waals surface area contributed by atoms with Gasteiger partial charge in [0.25, 0.3) is 5.91 Å². The number of H-pyrrole nitrogens is 1. The zero-order chi connectivity index (χ0) is 17.4. The number of amides is 1. The van der Waals surface area contributed by atoms with Crippen molar-refractivity contribution in [3.8, 4) is 22.8 Å². The van der Waals surface area contributed by atoms with Crippen molar-refractivity contribution in [3.05, 3.63) is 59.5 Å². The number of ether oxygens (including phenoxy) is 2. The summed E-state index contributed by atoms with van der Waals surface area (Å²) < 4.78 is 23.7. The van der Waals surface area contributed by atoms with Gasteiger partial charge in [-0.25, -0.2) is 4.39 Å². The molecular weight excluding hydrogens is 325 g/mol. The second-order valence-electron chi connectivity index (χ2n) is 5.60. The molecule has 1 aliphatic rings. The van der Waals surface area contributed by atoms with Crippen molar-refractivity contribution in [2.24, 2.45) is 0 Å². The number of halogens is 1. The summed E-state index contributed by atoms with van der Waals surface area (Å²) in [5.74, 6) is 0.574. The van der Waals surface area contributed by atoms with Gasteiger partial charge in [-0.05, 0) is 49.4 Å². The molecule has 4 rings (SSSR count). The molecule has 25 heavy (non-hydrogen) atoms. The summed E-state index contributed by atoms with van der Waals surface area (Å²) >= 11 is 0. The Morgan fingerprint density at radius 2 is 1.92 bits per heavy atom. The highest BCUT2D eigenvalue weighted by atomic mass is 19.1. The van der Waals surface area contributed by atoms with Gasteiger partial charge in [-0.1, -0.05) is 0 Å². The predicted octanol–water partition coefficient (Wildman–Crippen LogP) is 3.51. The topological polar surface area (TPSA) is 76.2 Å². The van der Waals surface area contributed by atoms with Crippen LogP contribution in [-0.2, 0) is 0 Å². The van der Waals surface area contributed by atoms with E-state index in [9.17, 15) is 9.18 Å². The second kappa shape index (κ2) is 5.94. The van der Waals surface area contributed by atoms with Gasteiger partial charge in [-0.3, -0.25) is 9.89 Å². The number of hydrogen-bond donors (Lipinski definition) is 2. The quantitative estimate of drug-likeness (QED) is 0.766. The van der Waals surface area contributed by atoms with Crippen LogP contribution in [0.3, 0.4) is 0 Å². The van der Waals surface area contributed by atoms with Crippen molar-refractivity contribution in [2.75, 3.05) is 12.1 Å². The molecular formula is C18H14FN3O3. The molecule has 0 radical (unpaired) electrons. The molecule has 0 aliphatic carbocycles. The van der Waals surface area contributed by atoms with Gasteiger partial charge in [0.2, 0.25) is 6.79 Å². The Kier molecular flexibility index (Phi) is 3.61. The molecule has 7 heteroatoms. The first-order valence-electron chi connectivity index (χ1n) is 7.64. The largest absolute Gasteiger partial charge is 0.454 e. The third kappa shape index (κ3) is 2.80. The predicted molar refractivity (Wildman–Crippen MR) is 89.2 cm³/mol. The summed E-state index contributed by atoms with van der Waals surface area (Å²) in [6, 6.07) is 10.8. The summed E-state index contributed by atoms with van der Waals surface area (Å²) in [5.41, 5.74) is 3.00. The molecule has 0 bridgehead atoms. The highest BCUT2D eigenvalue weighted by Crippen LogP contribution is 2.38. The molecule has 0 spiro atoms. The van der Waals surface area contributed by atoms with E-state index in [-0.39, 0.29) is 12.7 Å². The van der Waals surface area contributed by atoms with Crippen LogP contribution in [0.2, 0.25) is 0 Å². The van der Waals surface area contributed by atoms with E-state index in [1.165, 1.54) is 24.3 Å². The molecule has 2 N–H and O–H groups in total. The number of aromatic nitrogens is 2. The van der Waals surface area contributed by atoms with Crippen LogP contribution in [0.25, 0.3) is 11.3 Å². The first-order chi connectivity index (χ1) is 12.1. The van der Waals surface area contributed by atoms with Gasteiger partial charge >= 0.3 is 0 Å². The molecule has 0 atom stereocenters. The molecule has 1 amide bonds. The number of aryl methyl sites for hydroxylation is 1. The van der Waals surface area contributed by atoms with Crippen LogP contribution >= 0.6 is 0 Å². The smallest absolute Gasteiger partial charge is 0.255 e. The van der Waals surface area contributed by atoms with Gasteiger partial charge in [-0.15, -0.1) is 0 Å². The summed E-state index contributed by atoms with van der Waals surface area (Å²) in [6.07, 6.45) is 0. The van der Waals surface area contributed by atoms with Crippen molar-refractivity contribution in [3.63, 3.8) is 0 Å². The first kappa shape index (κ1) is 15.2. The third-order valence-electron chi connectivity index (χ3n) is 3.94. The lowest BCUT2D eigenvalue weighted by Crippen LogP contribution is -2.12. The fraction of sp³-hybridized carbons (Fsp3) is 0.111. The average molecular weight is 339 g/mol. The van der Waals surface area contributed by atoms with E-state index in [2.05, 4.69) is 15.5 Å². The number of fused-ring (bicyclic) bond motifs is 1. The maximum Gasteiger partial charge on any atom is 0.255 e. The highest BCUT2D eigenvalue weighted by molar-refractivity contribution is 6.06. The van der Waals surface area contributed by atoms with Crippen LogP contribution in [-0.4, -0.2) is 22.9 Å². The number of anilines is 1. The minimum atomic E-state index is -0.392. The maximum absolute atomic E-state index is 13.0. The fourth-order valence-corrected chi connectivity index (χ4v) is 2.62. The van der Waals surface area contributed by atoms with Crippen molar-refractivity contribution in [2.45, 2.75) is 6.92 Å². The van der Waals surface area contributed by atoms with Crippen LogP contribution < -0.4 is 14.8 Å². The molecule has 0 saturated carbocycles. The lowest BCUT2D eigenvalue weighted by molar-refractivity contribution is 0.102. The first-order valence-corrected chi connectivity index (χ1v) is 7.64. The monoisotopic (exact) mass is 339 g/mol. The van der Waals surface area contributed by atoms with Gasteiger partial charge in [-0.2, -0.15) is 5.10 Å². The summed E-state index contributed by atoms with van der Waals surface area (Å²) in [7, 11) is 0. The van der Waals surface area contributed by atoms with E-state index in [1.54, 1.807) is 6.07 Å². The third-order valence-corrected chi connectivity index (χ3v) is 3.94.